The number of carbonyl (C=O) groups is 2. The van der Waals surface area contributed by atoms with Gasteiger partial charge in [-0.15, -0.1) is 0 Å². The molecule has 1 aliphatic heterocycles. The first-order valence-corrected chi connectivity index (χ1v) is 13.6. The molecule has 1 amide bonds. The van der Waals surface area contributed by atoms with Gasteiger partial charge in [0.05, 0.1) is 13.2 Å². The Labute approximate surface area is 222 Å². The SMILES string of the molecule is CC(C)=CCCC(C)=CCCC(C)=CCOC(COP(=O)(O)OC1OC(C(N)=O)C(O)[C@H](O)[C@@H]1O)C(=O)O. The van der Waals surface area contributed by atoms with E-state index >= 15 is 0 Å². The van der Waals surface area contributed by atoms with Gasteiger partial charge < -0.3 is 40.5 Å². The third-order valence-corrected chi connectivity index (χ3v) is 6.55. The number of nitrogens with two attached hydrogens (primary N) is 1. The Kier molecular flexibility index (Phi) is 14.6. The van der Waals surface area contributed by atoms with Crippen LogP contribution in [0.1, 0.15) is 53.4 Å². The predicted octanol–water partition coefficient (Wildman–Crippen LogP) is 1.30. The number of carboxylic acids is 1. The van der Waals surface area contributed by atoms with Crippen molar-refractivity contribution in [2.45, 2.75) is 90.2 Å². The topological polar surface area (TPSA) is 215 Å². The molecule has 218 valence electrons. The molecule has 13 nitrogen and oxygen atoms in total. The maximum atomic E-state index is 12.3. The number of amides is 1. The summed E-state index contributed by atoms with van der Waals surface area (Å²) in [7, 11) is -5.08. The summed E-state index contributed by atoms with van der Waals surface area (Å²) in [5.74, 6) is -2.69. The molecule has 0 aromatic carbocycles. The van der Waals surface area contributed by atoms with Gasteiger partial charge in [0, 0.05) is 0 Å². The summed E-state index contributed by atoms with van der Waals surface area (Å²) in [6, 6.07) is 0. The Balaban J connectivity index is 2.57. The number of aliphatic hydroxyl groups is 3. The highest BCUT2D eigenvalue weighted by atomic mass is 31.2. The van der Waals surface area contributed by atoms with Crippen molar-refractivity contribution >= 4 is 19.7 Å². The molecule has 14 heteroatoms. The first-order valence-electron chi connectivity index (χ1n) is 12.1. The van der Waals surface area contributed by atoms with E-state index in [1.165, 1.54) is 11.1 Å². The largest absolute Gasteiger partial charge is 0.479 e. The summed E-state index contributed by atoms with van der Waals surface area (Å²) < 4.78 is 31.7. The van der Waals surface area contributed by atoms with Crippen LogP contribution in [0, 0.1) is 0 Å². The van der Waals surface area contributed by atoms with Crippen molar-refractivity contribution < 1.29 is 58.0 Å². The first kappa shape index (κ1) is 34.1. The van der Waals surface area contributed by atoms with Crippen LogP contribution in [0.4, 0.5) is 0 Å². The molecular formula is C24H40NO12P. The van der Waals surface area contributed by atoms with Gasteiger partial charge >= 0.3 is 13.8 Å². The third-order valence-electron chi connectivity index (χ3n) is 5.60. The molecule has 1 fully saturated rings. The lowest BCUT2D eigenvalue weighted by Gasteiger charge is -2.38. The Morgan fingerprint density at radius 3 is 2.11 bits per heavy atom. The number of allylic oxidation sites excluding steroid dienone is 5. The number of rotatable bonds is 16. The van der Waals surface area contributed by atoms with E-state index < -0.39 is 63.1 Å². The number of ether oxygens (including phenoxy) is 2. The van der Waals surface area contributed by atoms with E-state index in [-0.39, 0.29) is 6.61 Å². The van der Waals surface area contributed by atoms with Crippen molar-refractivity contribution in [2.24, 2.45) is 5.73 Å². The van der Waals surface area contributed by atoms with Crippen molar-refractivity contribution in [2.75, 3.05) is 13.2 Å². The van der Waals surface area contributed by atoms with E-state index in [0.717, 1.165) is 31.3 Å². The van der Waals surface area contributed by atoms with Crippen molar-refractivity contribution in [3.8, 4) is 0 Å². The first-order chi connectivity index (χ1) is 17.6. The van der Waals surface area contributed by atoms with Crippen LogP contribution in [0.25, 0.3) is 0 Å². The number of phosphoric acid groups is 1. The minimum atomic E-state index is -5.08. The van der Waals surface area contributed by atoms with E-state index in [0.29, 0.717) is 0 Å². The predicted molar refractivity (Wildman–Crippen MR) is 136 cm³/mol. The van der Waals surface area contributed by atoms with Crippen LogP contribution in [-0.2, 0) is 32.7 Å². The van der Waals surface area contributed by atoms with Crippen molar-refractivity contribution in [3.05, 3.63) is 34.9 Å². The Hall–Kier alpha value is -1.93. The average molecular weight is 566 g/mol. The molecule has 1 aliphatic rings. The van der Waals surface area contributed by atoms with Crippen molar-refractivity contribution in [1.82, 2.24) is 0 Å². The van der Waals surface area contributed by atoms with Crippen LogP contribution >= 0.6 is 7.82 Å². The van der Waals surface area contributed by atoms with Gasteiger partial charge in [-0.25, -0.2) is 9.36 Å². The molecule has 38 heavy (non-hydrogen) atoms. The summed E-state index contributed by atoms with van der Waals surface area (Å²) in [6.45, 7) is 7.07. The normalized spacial score (nSPS) is 26.9. The smallest absolute Gasteiger partial charge is 0.474 e. The van der Waals surface area contributed by atoms with Crippen LogP contribution in [0.5, 0.6) is 0 Å². The zero-order valence-corrected chi connectivity index (χ0v) is 23.0. The number of primary amides is 1. The number of hydrogen-bond donors (Lipinski definition) is 6. The molecule has 7 atom stereocenters. The van der Waals surface area contributed by atoms with Gasteiger partial charge in [-0.2, -0.15) is 0 Å². The lowest BCUT2D eigenvalue weighted by Crippen LogP contribution is -2.61. The van der Waals surface area contributed by atoms with Crippen LogP contribution in [-0.4, -0.2) is 87.2 Å². The monoisotopic (exact) mass is 565 g/mol. The maximum absolute atomic E-state index is 12.3. The second kappa shape index (κ2) is 16.2. The fourth-order valence-electron chi connectivity index (χ4n) is 3.33. The van der Waals surface area contributed by atoms with Crippen molar-refractivity contribution in [3.63, 3.8) is 0 Å². The molecule has 0 saturated carbocycles. The Morgan fingerprint density at radius 1 is 0.974 bits per heavy atom. The Bertz CT molecular complexity index is 929. The molecule has 0 aliphatic carbocycles. The average Bonchev–Trinajstić information content (AvgIpc) is 2.80. The van der Waals surface area contributed by atoms with Gasteiger partial charge in [0.1, 0.15) is 18.3 Å². The second-order valence-corrected chi connectivity index (χ2v) is 10.7. The zero-order valence-electron chi connectivity index (χ0n) is 22.1. The van der Waals surface area contributed by atoms with E-state index in [1.807, 2.05) is 6.92 Å². The minimum Gasteiger partial charge on any atom is -0.479 e. The van der Waals surface area contributed by atoms with Crippen LogP contribution < -0.4 is 5.73 Å². The van der Waals surface area contributed by atoms with Crippen LogP contribution in [0.15, 0.2) is 34.9 Å². The van der Waals surface area contributed by atoms with Gasteiger partial charge in [0.2, 0.25) is 5.91 Å². The number of aliphatic carboxylic acids is 1. The standard InChI is InChI=1S/C24H40NO12P/c1-14(2)7-5-8-15(3)9-6-10-16(4)11-12-34-17(23(30)31)13-35-38(32,33)37-24-20(28)18(26)19(27)21(36-24)22(25)29/h7,9,11,17-21,24,26-28H,5-6,8,10,12-13H2,1-4H3,(H2,25,29)(H,30,31)(H,32,33)/t17?,18-,19?,20-,21?,24?/m0/s1. The number of carboxylic acid groups (broad SMARTS) is 1. The second-order valence-electron chi connectivity index (χ2n) is 9.29. The van der Waals surface area contributed by atoms with Crippen molar-refractivity contribution in [1.29, 1.82) is 0 Å². The van der Waals surface area contributed by atoms with Crippen LogP contribution in [0.3, 0.4) is 0 Å². The summed E-state index contributed by atoms with van der Waals surface area (Å²) in [4.78, 5) is 32.7. The van der Waals surface area contributed by atoms with Crippen LogP contribution in [0.2, 0.25) is 0 Å². The minimum absolute atomic E-state index is 0.0964. The summed E-state index contributed by atoms with van der Waals surface area (Å²) in [5.41, 5.74) is 8.57. The fraction of sp³-hybridized carbons (Fsp3) is 0.667. The molecule has 0 radical (unpaired) electrons. The lowest BCUT2D eigenvalue weighted by molar-refractivity contribution is -0.270. The van der Waals surface area contributed by atoms with E-state index in [9.17, 15) is 39.5 Å². The molecule has 0 bridgehead atoms. The summed E-state index contributed by atoms with van der Waals surface area (Å²) in [6.07, 6.45) is -1.93. The Morgan fingerprint density at radius 2 is 1.55 bits per heavy atom. The molecule has 7 N–H and O–H groups in total. The maximum Gasteiger partial charge on any atom is 0.474 e. The highest BCUT2D eigenvalue weighted by Crippen LogP contribution is 2.46. The van der Waals surface area contributed by atoms with E-state index in [1.54, 1.807) is 6.08 Å². The molecule has 5 unspecified atom stereocenters. The fourth-order valence-corrected chi connectivity index (χ4v) is 4.15. The zero-order chi connectivity index (χ0) is 29.0. The number of phosphoric ester groups is 1. The summed E-state index contributed by atoms with van der Waals surface area (Å²) >= 11 is 0. The van der Waals surface area contributed by atoms with E-state index in [4.69, 9.17) is 15.2 Å². The molecule has 0 aromatic heterocycles. The molecule has 0 aromatic rings. The quantitative estimate of drug-likeness (QED) is 0.115. The number of carbonyl (C=O) groups excluding carboxylic acids is 1. The third kappa shape index (κ3) is 12.3. The molecule has 1 heterocycles. The van der Waals surface area contributed by atoms with Gasteiger partial charge in [0.15, 0.2) is 18.5 Å². The molecule has 0 spiro atoms. The molecular weight excluding hydrogens is 525 g/mol. The van der Waals surface area contributed by atoms with Gasteiger partial charge in [-0.3, -0.25) is 13.8 Å². The highest BCUT2D eigenvalue weighted by molar-refractivity contribution is 7.47. The number of aliphatic hydroxyl groups excluding tert-OH is 3. The number of hydrogen-bond acceptors (Lipinski definition) is 10. The highest BCUT2D eigenvalue weighted by Gasteiger charge is 2.49. The lowest BCUT2D eigenvalue weighted by atomic mass is 9.99. The van der Waals surface area contributed by atoms with Gasteiger partial charge in [0.25, 0.3) is 0 Å². The van der Waals surface area contributed by atoms with Gasteiger partial charge in [-0.1, -0.05) is 34.9 Å². The van der Waals surface area contributed by atoms with E-state index in [2.05, 4.69) is 42.0 Å². The van der Waals surface area contributed by atoms with Gasteiger partial charge in [-0.05, 0) is 53.4 Å². The molecule has 1 saturated heterocycles. The summed E-state index contributed by atoms with van der Waals surface area (Å²) in [5, 5.41) is 38.8. The molecule has 1 rings (SSSR count).